The zero-order valence-corrected chi connectivity index (χ0v) is 13.1. The lowest BCUT2D eigenvalue weighted by atomic mass is 9.90. The van der Waals surface area contributed by atoms with E-state index in [4.69, 9.17) is 14.6 Å². The maximum atomic E-state index is 11.9. The fourth-order valence-corrected chi connectivity index (χ4v) is 2.48. The van der Waals surface area contributed by atoms with Crippen molar-refractivity contribution in [2.45, 2.75) is 57.7 Å². The van der Waals surface area contributed by atoms with E-state index in [2.05, 4.69) is 0 Å². The molecule has 0 aromatic carbocycles. The Balaban J connectivity index is 1.82. The molecule has 2 rings (SSSR count). The molecule has 1 saturated heterocycles. The van der Waals surface area contributed by atoms with Crippen molar-refractivity contribution in [1.82, 2.24) is 4.90 Å². The Hall–Kier alpha value is -1.30. The third-order valence-electron chi connectivity index (χ3n) is 3.71. The van der Waals surface area contributed by atoms with E-state index in [-0.39, 0.29) is 6.42 Å². The Labute approximate surface area is 125 Å². The number of nitrogens with zero attached hydrogens (tertiary/aromatic N) is 1. The topological polar surface area (TPSA) is 76.1 Å². The lowest BCUT2D eigenvalue weighted by Gasteiger charge is -2.48. The third-order valence-corrected chi connectivity index (χ3v) is 3.71. The van der Waals surface area contributed by atoms with Gasteiger partial charge in [-0.15, -0.1) is 0 Å². The van der Waals surface area contributed by atoms with Crippen molar-refractivity contribution in [3.05, 3.63) is 0 Å². The maximum absolute atomic E-state index is 11.9. The maximum Gasteiger partial charge on any atom is 0.410 e. The van der Waals surface area contributed by atoms with Gasteiger partial charge in [-0.05, 0) is 33.1 Å². The van der Waals surface area contributed by atoms with Gasteiger partial charge in [0.1, 0.15) is 11.2 Å². The van der Waals surface area contributed by atoms with Gasteiger partial charge in [-0.3, -0.25) is 4.79 Å². The van der Waals surface area contributed by atoms with Crippen LogP contribution in [0.5, 0.6) is 0 Å². The van der Waals surface area contributed by atoms with Crippen molar-refractivity contribution in [2.24, 2.45) is 5.92 Å². The minimum Gasteiger partial charge on any atom is -0.481 e. The van der Waals surface area contributed by atoms with Gasteiger partial charge in [0.25, 0.3) is 0 Å². The summed E-state index contributed by atoms with van der Waals surface area (Å²) in [4.78, 5) is 24.4. The molecule has 2 fully saturated rings. The fourth-order valence-electron chi connectivity index (χ4n) is 2.48. The SMILES string of the molecule is CC(C)(C)OC(=O)N1CC(CC(=O)O)(OCCC2CC2)C1. The van der Waals surface area contributed by atoms with Gasteiger partial charge in [-0.2, -0.15) is 0 Å². The number of amides is 1. The summed E-state index contributed by atoms with van der Waals surface area (Å²) in [5, 5.41) is 9.03. The van der Waals surface area contributed by atoms with Gasteiger partial charge in [0.2, 0.25) is 0 Å². The quantitative estimate of drug-likeness (QED) is 0.814. The summed E-state index contributed by atoms with van der Waals surface area (Å²) in [6.07, 6.45) is 3.00. The molecule has 21 heavy (non-hydrogen) atoms. The van der Waals surface area contributed by atoms with Crippen molar-refractivity contribution >= 4 is 12.1 Å². The van der Waals surface area contributed by atoms with E-state index >= 15 is 0 Å². The summed E-state index contributed by atoms with van der Waals surface area (Å²) in [7, 11) is 0. The standard InChI is InChI=1S/C15H25NO5/c1-14(2,3)21-13(19)16-9-15(10-16,8-12(17)18)20-7-6-11-4-5-11/h11H,4-10H2,1-3H3,(H,17,18). The van der Waals surface area contributed by atoms with E-state index in [0.717, 1.165) is 12.3 Å². The van der Waals surface area contributed by atoms with Gasteiger partial charge in [-0.1, -0.05) is 12.8 Å². The number of likely N-dealkylation sites (tertiary alicyclic amines) is 1. The van der Waals surface area contributed by atoms with Gasteiger partial charge in [-0.25, -0.2) is 4.79 Å². The number of carboxylic acid groups (broad SMARTS) is 1. The molecule has 0 unspecified atom stereocenters. The molecule has 1 amide bonds. The highest BCUT2D eigenvalue weighted by Gasteiger charge is 2.49. The number of carbonyl (C=O) groups is 2. The molecular weight excluding hydrogens is 274 g/mol. The van der Waals surface area contributed by atoms with E-state index in [0.29, 0.717) is 19.7 Å². The number of ether oxygens (including phenoxy) is 2. The van der Waals surface area contributed by atoms with Crippen molar-refractivity contribution in [1.29, 1.82) is 0 Å². The van der Waals surface area contributed by atoms with Crippen molar-refractivity contribution in [2.75, 3.05) is 19.7 Å². The predicted molar refractivity (Wildman–Crippen MR) is 76.1 cm³/mol. The Kier molecular flexibility index (Phi) is 4.46. The molecule has 6 heteroatoms. The van der Waals surface area contributed by atoms with Gasteiger partial charge < -0.3 is 19.5 Å². The smallest absolute Gasteiger partial charge is 0.410 e. The molecule has 1 saturated carbocycles. The molecule has 2 aliphatic rings. The largest absolute Gasteiger partial charge is 0.481 e. The molecule has 1 aliphatic heterocycles. The van der Waals surface area contributed by atoms with Crippen LogP contribution < -0.4 is 0 Å². The average Bonchev–Trinajstić information content (AvgIpc) is 3.05. The summed E-state index contributed by atoms with van der Waals surface area (Å²) >= 11 is 0. The Morgan fingerprint density at radius 1 is 1.29 bits per heavy atom. The monoisotopic (exact) mass is 299 g/mol. The van der Waals surface area contributed by atoms with Crippen LogP contribution in [0.2, 0.25) is 0 Å². The lowest BCUT2D eigenvalue weighted by molar-refractivity contribution is -0.167. The second kappa shape index (κ2) is 5.83. The number of carbonyl (C=O) groups excluding carboxylic acids is 1. The molecule has 0 radical (unpaired) electrons. The molecule has 120 valence electrons. The average molecular weight is 299 g/mol. The van der Waals surface area contributed by atoms with Crippen LogP contribution in [0.15, 0.2) is 0 Å². The van der Waals surface area contributed by atoms with Crippen LogP contribution in [0, 0.1) is 5.92 Å². The highest BCUT2D eigenvalue weighted by atomic mass is 16.6. The number of rotatable bonds is 6. The zero-order chi connectivity index (χ0) is 15.7. The van der Waals surface area contributed by atoms with Crippen molar-refractivity contribution < 1.29 is 24.2 Å². The van der Waals surface area contributed by atoms with Crippen LogP contribution in [-0.4, -0.2) is 53.0 Å². The number of hydrogen-bond acceptors (Lipinski definition) is 4. The van der Waals surface area contributed by atoms with E-state index < -0.39 is 23.3 Å². The molecule has 0 aromatic heterocycles. The Morgan fingerprint density at radius 3 is 2.38 bits per heavy atom. The fraction of sp³-hybridized carbons (Fsp3) is 0.867. The van der Waals surface area contributed by atoms with E-state index in [9.17, 15) is 9.59 Å². The molecule has 1 N–H and O–H groups in total. The van der Waals surface area contributed by atoms with E-state index in [1.807, 2.05) is 0 Å². The normalized spacial score (nSPS) is 20.8. The second-order valence-corrected chi connectivity index (χ2v) is 7.17. The minimum atomic E-state index is -0.898. The van der Waals surface area contributed by atoms with E-state index in [1.165, 1.54) is 17.7 Å². The van der Waals surface area contributed by atoms with Crippen molar-refractivity contribution in [3.8, 4) is 0 Å². The van der Waals surface area contributed by atoms with Gasteiger partial charge in [0.05, 0.1) is 19.5 Å². The first kappa shape index (κ1) is 16.1. The first-order valence-electron chi connectivity index (χ1n) is 7.53. The second-order valence-electron chi connectivity index (χ2n) is 7.17. The first-order chi connectivity index (χ1) is 9.69. The van der Waals surface area contributed by atoms with Crippen LogP contribution in [0.3, 0.4) is 0 Å². The van der Waals surface area contributed by atoms with E-state index in [1.54, 1.807) is 20.8 Å². The highest BCUT2D eigenvalue weighted by molar-refractivity contribution is 5.72. The minimum absolute atomic E-state index is 0.0725. The molecule has 6 nitrogen and oxygen atoms in total. The van der Waals surface area contributed by atoms with Gasteiger partial charge in [0, 0.05) is 6.61 Å². The van der Waals surface area contributed by atoms with Crippen LogP contribution in [0.1, 0.15) is 46.5 Å². The molecular formula is C15H25NO5. The summed E-state index contributed by atoms with van der Waals surface area (Å²) < 4.78 is 11.1. The Morgan fingerprint density at radius 2 is 1.90 bits per heavy atom. The Bertz CT molecular complexity index is 405. The number of carboxylic acids is 1. The third kappa shape index (κ3) is 4.88. The van der Waals surface area contributed by atoms with Crippen LogP contribution in [-0.2, 0) is 14.3 Å². The van der Waals surface area contributed by atoms with Crippen molar-refractivity contribution in [3.63, 3.8) is 0 Å². The summed E-state index contributed by atoms with van der Waals surface area (Å²) in [6, 6.07) is 0. The van der Waals surface area contributed by atoms with Crippen LogP contribution in [0.4, 0.5) is 4.79 Å². The first-order valence-corrected chi connectivity index (χ1v) is 7.53. The molecule has 0 spiro atoms. The zero-order valence-electron chi connectivity index (χ0n) is 13.1. The molecule has 0 atom stereocenters. The summed E-state index contributed by atoms with van der Waals surface area (Å²) in [5.41, 5.74) is -1.29. The molecule has 0 bridgehead atoms. The summed E-state index contributed by atoms with van der Waals surface area (Å²) in [6.45, 7) is 6.57. The summed E-state index contributed by atoms with van der Waals surface area (Å²) in [5.74, 6) is -0.154. The number of aliphatic carboxylic acids is 1. The number of hydrogen-bond donors (Lipinski definition) is 1. The molecule has 0 aromatic rings. The lowest BCUT2D eigenvalue weighted by Crippen LogP contribution is -2.66. The van der Waals surface area contributed by atoms with Crippen LogP contribution in [0.25, 0.3) is 0 Å². The van der Waals surface area contributed by atoms with Crippen LogP contribution >= 0.6 is 0 Å². The molecule has 1 aliphatic carbocycles. The van der Waals surface area contributed by atoms with Gasteiger partial charge in [0.15, 0.2) is 0 Å². The highest BCUT2D eigenvalue weighted by Crippen LogP contribution is 2.35. The molecule has 1 heterocycles. The van der Waals surface area contributed by atoms with Gasteiger partial charge >= 0.3 is 12.1 Å². The predicted octanol–water partition coefficient (Wildman–Crippen LogP) is 2.27.